The molecule has 0 bridgehead atoms. The van der Waals surface area contributed by atoms with Crippen LogP contribution in [0.4, 0.5) is 0 Å². The molecule has 1 saturated heterocycles. The van der Waals surface area contributed by atoms with E-state index >= 15 is 0 Å². The van der Waals surface area contributed by atoms with Gasteiger partial charge < -0.3 is 9.64 Å². The van der Waals surface area contributed by atoms with E-state index in [0.717, 1.165) is 57.2 Å². The molecule has 0 N–H and O–H groups in total. The topological polar surface area (TPSA) is 36.0 Å². The van der Waals surface area contributed by atoms with Crippen LogP contribution in [0.5, 0.6) is 11.5 Å². The number of ether oxygens (including phenoxy) is 1. The van der Waals surface area contributed by atoms with Gasteiger partial charge in [-0.3, -0.25) is 14.6 Å². The fourth-order valence-corrected chi connectivity index (χ4v) is 5.04. The Kier molecular flexibility index (Phi) is 7.16. The van der Waals surface area contributed by atoms with Gasteiger partial charge in [0.2, 0.25) is 5.91 Å². The van der Waals surface area contributed by atoms with Crippen LogP contribution in [-0.4, -0.2) is 65.9 Å². The van der Waals surface area contributed by atoms with Crippen molar-refractivity contribution in [2.45, 2.75) is 32.9 Å². The van der Waals surface area contributed by atoms with Crippen LogP contribution >= 0.6 is 0 Å². The van der Waals surface area contributed by atoms with Gasteiger partial charge in [0.25, 0.3) is 0 Å². The molecule has 2 aliphatic heterocycles. The van der Waals surface area contributed by atoms with Gasteiger partial charge in [-0.25, -0.2) is 0 Å². The Morgan fingerprint density at radius 2 is 1.49 bits per heavy atom. The minimum atomic E-state index is 0.270. The molecule has 2 aliphatic rings. The zero-order valence-corrected chi connectivity index (χ0v) is 20.8. The molecule has 0 aromatic heterocycles. The predicted molar refractivity (Wildman–Crippen MR) is 141 cm³/mol. The minimum absolute atomic E-state index is 0.270. The van der Waals surface area contributed by atoms with E-state index in [9.17, 15) is 4.79 Å². The van der Waals surface area contributed by atoms with E-state index in [1.165, 1.54) is 22.3 Å². The highest BCUT2D eigenvalue weighted by atomic mass is 16.5. The smallest absolute Gasteiger partial charge is 0.236 e. The molecular formula is C30H35N3O2. The van der Waals surface area contributed by atoms with E-state index in [-0.39, 0.29) is 5.91 Å². The van der Waals surface area contributed by atoms with Gasteiger partial charge in [-0.2, -0.15) is 0 Å². The predicted octanol–water partition coefficient (Wildman–Crippen LogP) is 5.06. The summed E-state index contributed by atoms with van der Waals surface area (Å²) in [7, 11) is 0. The number of carbonyl (C=O) groups excluding carboxylic acids is 1. The Morgan fingerprint density at radius 1 is 0.800 bits per heavy atom. The van der Waals surface area contributed by atoms with E-state index in [1.807, 2.05) is 47.4 Å². The molecule has 0 atom stereocenters. The molecule has 5 rings (SSSR count). The Balaban J connectivity index is 1.18. The van der Waals surface area contributed by atoms with Gasteiger partial charge >= 0.3 is 0 Å². The number of para-hydroxylation sites is 1. The van der Waals surface area contributed by atoms with Gasteiger partial charge in [0, 0.05) is 45.3 Å². The van der Waals surface area contributed by atoms with Gasteiger partial charge in [0.1, 0.15) is 11.5 Å². The molecule has 1 amide bonds. The lowest BCUT2D eigenvalue weighted by Crippen LogP contribution is -2.53. The van der Waals surface area contributed by atoms with Crippen LogP contribution in [0.3, 0.4) is 0 Å². The van der Waals surface area contributed by atoms with Crippen molar-refractivity contribution in [1.29, 1.82) is 0 Å². The summed E-state index contributed by atoms with van der Waals surface area (Å²) in [5.41, 5.74) is 5.14. The largest absolute Gasteiger partial charge is 0.457 e. The van der Waals surface area contributed by atoms with Crippen LogP contribution in [0, 0.1) is 0 Å². The van der Waals surface area contributed by atoms with Crippen LogP contribution in [0.15, 0.2) is 72.8 Å². The Hall–Kier alpha value is -3.15. The summed E-state index contributed by atoms with van der Waals surface area (Å²) in [6, 6.07) is 25.4. The Labute approximate surface area is 208 Å². The summed E-state index contributed by atoms with van der Waals surface area (Å²) in [5, 5.41) is 0. The molecule has 0 unspecified atom stereocenters. The lowest BCUT2D eigenvalue weighted by Gasteiger charge is -2.38. The number of nitrogens with zero attached hydrogens (tertiary/aromatic N) is 3. The van der Waals surface area contributed by atoms with Crippen LogP contribution in [-0.2, 0) is 17.8 Å². The van der Waals surface area contributed by atoms with Crippen molar-refractivity contribution < 1.29 is 9.53 Å². The van der Waals surface area contributed by atoms with Gasteiger partial charge in [0.05, 0.1) is 6.54 Å². The van der Waals surface area contributed by atoms with Gasteiger partial charge in [0.15, 0.2) is 0 Å². The number of rotatable bonds is 6. The number of piperazine rings is 1. The summed E-state index contributed by atoms with van der Waals surface area (Å²) in [4.78, 5) is 19.7. The summed E-state index contributed by atoms with van der Waals surface area (Å²) in [5.74, 6) is 1.95. The van der Waals surface area contributed by atoms with Crippen molar-refractivity contribution in [2.24, 2.45) is 0 Å². The van der Waals surface area contributed by atoms with Crippen LogP contribution in [0.2, 0.25) is 0 Å². The second-order valence-corrected chi connectivity index (χ2v) is 9.89. The van der Waals surface area contributed by atoms with Crippen LogP contribution in [0.25, 0.3) is 11.1 Å². The molecule has 3 aromatic rings. The van der Waals surface area contributed by atoms with E-state index in [4.69, 9.17) is 4.74 Å². The summed E-state index contributed by atoms with van der Waals surface area (Å²) in [6.07, 6.45) is 0.979. The molecule has 5 nitrogen and oxygen atoms in total. The molecule has 0 aliphatic carbocycles. The standard InChI is InChI=1S/C30H35N3O2/c1-23(2)32-16-18-33(19-17-32)30(34)22-31-15-14-26-20-25(8-9-27(26)21-31)24-10-12-29(13-11-24)35-28-6-4-3-5-7-28/h3-13,20,23H,14-19,21-22H2,1-2H3. The number of hydrogen-bond acceptors (Lipinski definition) is 4. The minimum Gasteiger partial charge on any atom is -0.457 e. The van der Waals surface area contributed by atoms with Gasteiger partial charge in [-0.15, -0.1) is 0 Å². The van der Waals surface area contributed by atoms with Crippen LogP contribution in [0.1, 0.15) is 25.0 Å². The second kappa shape index (κ2) is 10.6. The molecule has 3 aromatic carbocycles. The molecule has 0 radical (unpaired) electrons. The number of carbonyl (C=O) groups is 1. The van der Waals surface area contributed by atoms with Crippen molar-refractivity contribution in [2.75, 3.05) is 39.3 Å². The third kappa shape index (κ3) is 5.75. The molecule has 0 spiro atoms. The average Bonchev–Trinajstić information content (AvgIpc) is 2.89. The monoisotopic (exact) mass is 469 g/mol. The first-order chi connectivity index (χ1) is 17.0. The highest BCUT2D eigenvalue weighted by Gasteiger charge is 2.25. The third-order valence-corrected chi connectivity index (χ3v) is 7.22. The Bertz CT molecular complexity index is 1140. The van der Waals surface area contributed by atoms with Crippen molar-refractivity contribution in [1.82, 2.24) is 14.7 Å². The summed E-state index contributed by atoms with van der Waals surface area (Å²) < 4.78 is 5.92. The van der Waals surface area contributed by atoms with Crippen LogP contribution < -0.4 is 4.74 Å². The maximum atomic E-state index is 12.9. The SMILES string of the molecule is CC(C)N1CCN(C(=O)CN2CCc3cc(-c4ccc(Oc5ccccc5)cc4)ccc3C2)CC1. The third-order valence-electron chi connectivity index (χ3n) is 7.22. The highest BCUT2D eigenvalue weighted by Crippen LogP contribution is 2.29. The molecule has 35 heavy (non-hydrogen) atoms. The Morgan fingerprint density at radius 3 is 2.20 bits per heavy atom. The fraction of sp³-hybridized carbons (Fsp3) is 0.367. The molecule has 1 fully saturated rings. The van der Waals surface area contributed by atoms with Gasteiger partial charge in [-0.05, 0) is 66.8 Å². The molecule has 2 heterocycles. The average molecular weight is 470 g/mol. The zero-order valence-electron chi connectivity index (χ0n) is 20.8. The van der Waals surface area contributed by atoms with E-state index in [0.29, 0.717) is 12.6 Å². The number of benzene rings is 3. The number of hydrogen-bond donors (Lipinski definition) is 0. The van der Waals surface area contributed by atoms with Gasteiger partial charge in [-0.1, -0.05) is 48.5 Å². The van der Waals surface area contributed by atoms with E-state index in [1.54, 1.807) is 0 Å². The molecular weight excluding hydrogens is 434 g/mol. The molecule has 0 saturated carbocycles. The molecule has 5 heteroatoms. The molecule has 182 valence electrons. The zero-order chi connectivity index (χ0) is 24.2. The van der Waals surface area contributed by atoms with Crippen molar-refractivity contribution in [3.63, 3.8) is 0 Å². The van der Waals surface area contributed by atoms with E-state index in [2.05, 4.69) is 54.0 Å². The first-order valence-electron chi connectivity index (χ1n) is 12.7. The second-order valence-electron chi connectivity index (χ2n) is 9.89. The normalized spacial score (nSPS) is 16.8. The highest BCUT2D eigenvalue weighted by molar-refractivity contribution is 5.78. The lowest BCUT2D eigenvalue weighted by atomic mass is 9.94. The maximum absolute atomic E-state index is 12.9. The van der Waals surface area contributed by atoms with E-state index < -0.39 is 0 Å². The van der Waals surface area contributed by atoms with Crippen molar-refractivity contribution in [3.8, 4) is 22.6 Å². The van der Waals surface area contributed by atoms with Crippen molar-refractivity contribution in [3.05, 3.63) is 83.9 Å². The maximum Gasteiger partial charge on any atom is 0.236 e. The number of amides is 1. The lowest BCUT2D eigenvalue weighted by molar-refractivity contribution is -0.134. The summed E-state index contributed by atoms with van der Waals surface area (Å²) >= 11 is 0. The number of fused-ring (bicyclic) bond motifs is 1. The summed E-state index contributed by atoms with van der Waals surface area (Å²) in [6.45, 7) is 10.4. The quantitative estimate of drug-likeness (QED) is 0.506. The van der Waals surface area contributed by atoms with Crippen molar-refractivity contribution >= 4 is 5.91 Å². The first-order valence-corrected chi connectivity index (χ1v) is 12.7. The fourth-order valence-electron chi connectivity index (χ4n) is 5.04. The first kappa shape index (κ1) is 23.6.